The lowest BCUT2D eigenvalue weighted by atomic mass is 10.1. The summed E-state index contributed by atoms with van der Waals surface area (Å²) in [4.78, 5) is 0. The highest BCUT2D eigenvalue weighted by Crippen LogP contribution is 2.33. The van der Waals surface area contributed by atoms with Gasteiger partial charge in [0.15, 0.2) is 0 Å². The second-order valence-corrected chi connectivity index (χ2v) is 3.31. The molecule has 0 aliphatic heterocycles. The molecule has 2 N–H and O–H groups in total. The molecule has 0 radical (unpaired) electrons. The minimum Gasteiger partial charge on any atom is -0.496 e. The minimum atomic E-state index is -4.90. The van der Waals surface area contributed by atoms with Gasteiger partial charge in [0.05, 0.1) is 13.2 Å². The Kier molecular flexibility index (Phi) is 4.33. The van der Waals surface area contributed by atoms with Crippen LogP contribution in [0, 0.1) is 0 Å². The van der Waals surface area contributed by atoms with Crippen molar-refractivity contribution in [2.45, 2.75) is 18.8 Å². The molecule has 1 atom stereocenters. The largest absolute Gasteiger partial charge is 0.573 e. The van der Waals surface area contributed by atoms with Crippen molar-refractivity contribution in [2.24, 2.45) is 5.73 Å². The summed E-state index contributed by atoms with van der Waals surface area (Å²) in [5.74, 6) is -0.660. The van der Waals surface area contributed by atoms with E-state index >= 15 is 0 Å². The number of nitrogens with two attached hydrogens (primary N) is 1. The number of methoxy groups -OCH3 is 1. The predicted octanol–water partition coefficient (Wildman–Crippen LogP) is 2.86. The lowest BCUT2D eigenvalue weighted by molar-refractivity contribution is -0.274. The molecule has 0 unspecified atom stereocenters. The highest BCUT2D eigenvalue weighted by Gasteiger charge is 2.32. The van der Waals surface area contributed by atoms with Crippen molar-refractivity contribution in [1.29, 1.82) is 0 Å². The average molecular weight is 271 g/mol. The third kappa shape index (κ3) is 3.73. The maximum Gasteiger partial charge on any atom is 0.573 e. The van der Waals surface area contributed by atoms with Gasteiger partial charge in [-0.2, -0.15) is 0 Å². The van der Waals surface area contributed by atoms with Gasteiger partial charge >= 0.3 is 6.36 Å². The molecule has 0 heterocycles. The second kappa shape index (κ2) is 5.38. The smallest absolute Gasteiger partial charge is 0.496 e. The van der Waals surface area contributed by atoms with E-state index < -0.39 is 24.6 Å². The van der Waals surface area contributed by atoms with Gasteiger partial charge in [-0.05, 0) is 18.2 Å². The third-order valence-electron chi connectivity index (χ3n) is 2.07. The van der Waals surface area contributed by atoms with Crippen LogP contribution in [0.25, 0.3) is 0 Å². The lowest BCUT2D eigenvalue weighted by Gasteiger charge is -2.17. The Bertz CT molecular complexity index is 408. The van der Waals surface area contributed by atoms with Crippen LogP contribution >= 0.6 is 0 Å². The van der Waals surface area contributed by atoms with Gasteiger partial charge < -0.3 is 15.2 Å². The molecule has 8 heteroatoms. The summed E-state index contributed by atoms with van der Waals surface area (Å²) in [7, 11) is 1.20. The lowest BCUT2D eigenvalue weighted by Crippen LogP contribution is -2.21. The Balaban J connectivity index is 3.09. The summed E-state index contributed by atoms with van der Waals surface area (Å²) in [5.41, 5.74) is 4.92. The molecule has 0 saturated carbocycles. The van der Waals surface area contributed by atoms with Gasteiger partial charge in [-0.25, -0.2) is 8.78 Å². The summed E-state index contributed by atoms with van der Waals surface area (Å²) in [6.07, 6.45) is -7.83. The maximum absolute atomic E-state index is 12.5. The molecule has 0 amide bonds. The van der Waals surface area contributed by atoms with E-state index in [1.807, 2.05) is 0 Å². The molecule has 1 aromatic carbocycles. The van der Waals surface area contributed by atoms with Crippen LogP contribution in [0.5, 0.6) is 11.5 Å². The van der Waals surface area contributed by atoms with E-state index in [1.165, 1.54) is 7.11 Å². The fraction of sp³-hybridized carbons (Fsp3) is 0.400. The van der Waals surface area contributed by atoms with Gasteiger partial charge in [0.2, 0.25) is 0 Å². The van der Waals surface area contributed by atoms with Crippen LogP contribution in [-0.4, -0.2) is 19.9 Å². The van der Waals surface area contributed by atoms with Crippen molar-refractivity contribution in [3.63, 3.8) is 0 Å². The first kappa shape index (κ1) is 14.5. The van der Waals surface area contributed by atoms with Crippen LogP contribution in [0.2, 0.25) is 0 Å². The van der Waals surface area contributed by atoms with Crippen LogP contribution in [-0.2, 0) is 0 Å². The Hall–Kier alpha value is -1.57. The van der Waals surface area contributed by atoms with E-state index in [-0.39, 0.29) is 11.3 Å². The number of alkyl halides is 5. The molecule has 0 aliphatic rings. The first-order valence-electron chi connectivity index (χ1n) is 4.72. The maximum atomic E-state index is 12.5. The van der Waals surface area contributed by atoms with Crippen molar-refractivity contribution in [3.05, 3.63) is 23.8 Å². The van der Waals surface area contributed by atoms with E-state index in [1.54, 1.807) is 0 Å². The van der Waals surface area contributed by atoms with Gasteiger partial charge in [-0.1, -0.05) is 0 Å². The molecule has 18 heavy (non-hydrogen) atoms. The summed E-state index contributed by atoms with van der Waals surface area (Å²) in [6, 6.07) is 1.06. The minimum absolute atomic E-state index is 0.0303. The van der Waals surface area contributed by atoms with Crippen molar-refractivity contribution in [1.82, 2.24) is 0 Å². The monoisotopic (exact) mass is 271 g/mol. The molecular weight excluding hydrogens is 261 g/mol. The molecule has 1 rings (SSSR count). The molecule has 102 valence electrons. The van der Waals surface area contributed by atoms with Crippen molar-refractivity contribution >= 4 is 0 Å². The molecule has 0 aromatic heterocycles. The number of benzene rings is 1. The van der Waals surface area contributed by atoms with Crippen LogP contribution < -0.4 is 15.2 Å². The first-order chi connectivity index (χ1) is 8.24. The van der Waals surface area contributed by atoms with Crippen molar-refractivity contribution in [3.8, 4) is 11.5 Å². The fourth-order valence-corrected chi connectivity index (χ4v) is 1.31. The topological polar surface area (TPSA) is 44.5 Å². The van der Waals surface area contributed by atoms with Crippen LogP contribution in [0.3, 0.4) is 0 Å². The average Bonchev–Trinajstić information content (AvgIpc) is 2.25. The Morgan fingerprint density at radius 2 is 1.83 bits per heavy atom. The summed E-state index contributed by atoms with van der Waals surface area (Å²) in [6.45, 7) is 0. The SMILES string of the molecule is COc1ccc(OC(F)(F)F)cc1[C@@H](N)C(F)F. The molecule has 0 spiro atoms. The zero-order chi connectivity index (χ0) is 13.9. The van der Waals surface area contributed by atoms with Gasteiger partial charge in [-0.15, -0.1) is 13.2 Å². The molecule has 3 nitrogen and oxygen atoms in total. The van der Waals surface area contributed by atoms with E-state index in [4.69, 9.17) is 10.5 Å². The van der Waals surface area contributed by atoms with Gasteiger partial charge in [0.1, 0.15) is 11.5 Å². The van der Waals surface area contributed by atoms with Crippen molar-refractivity contribution in [2.75, 3.05) is 7.11 Å². The Morgan fingerprint density at radius 1 is 1.22 bits per heavy atom. The molecule has 0 fully saturated rings. The molecule has 0 saturated heterocycles. The Morgan fingerprint density at radius 3 is 2.28 bits per heavy atom. The van der Waals surface area contributed by atoms with Gasteiger partial charge in [0.25, 0.3) is 6.43 Å². The van der Waals surface area contributed by atoms with Gasteiger partial charge in [0, 0.05) is 5.56 Å². The predicted molar refractivity (Wildman–Crippen MR) is 52.6 cm³/mol. The van der Waals surface area contributed by atoms with Crippen LogP contribution in [0.4, 0.5) is 22.0 Å². The number of hydrogen-bond donors (Lipinski definition) is 1. The second-order valence-electron chi connectivity index (χ2n) is 3.31. The molecular formula is C10H10F5NO2. The zero-order valence-corrected chi connectivity index (χ0v) is 9.17. The molecule has 0 bridgehead atoms. The van der Waals surface area contributed by atoms with Crippen LogP contribution in [0.15, 0.2) is 18.2 Å². The highest BCUT2D eigenvalue weighted by molar-refractivity contribution is 5.42. The fourth-order valence-electron chi connectivity index (χ4n) is 1.31. The highest BCUT2D eigenvalue weighted by atomic mass is 19.4. The van der Waals surface area contributed by atoms with E-state index in [2.05, 4.69) is 4.74 Å². The standard InChI is InChI=1S/C10H10F5NO2/c1-17-7-3-2-5(18-10(13,14)15)4-6(7)8(16)9(11)12/h2-4,8-9H,16H2,1H3/t8-/m1/s1. The summed E-state index contributed by atoms with van der Waals surface area (Å²) < 4.78 is 69.2. The summed E-state index contributed by atoms with van der Waals surface area (Å²) >= 11 is 0. The van der Waals surface area contributed by atoms with E-state index in [0.29, 0.717) is 0 Å². The quantitative estimate of drug-likeness (QED) is 0.856. The van der Waals surface area contributed by atoms with Crippen LogP contribution in [0.1, 0.15) is 11.6 Å². The molecule has 0 aliphatic carbocycles. The van der Waals surface area contributed by atoms with Crippen molar-refractivity contribution < 1.29 is 31.4 Å². The normalized spacial score (nSPS) is 13.6. The number of rotatable bonds is 4. The van der Waals surface area contributed by atoms with Gasteiger partial charge in [-0.3, -0.25) is 0 Å². The third-order valence-corrected chi connectivity index (χ3v) is 2.07. The summed E-state index contributed by atoms with van der Waals surface area (Å²) in [5, 5.41) is 0. The Labute approximate surface area is 99.3 Å². The number of halogens is 5. The van der Waals surface area contributed by atoms with E-state index in [0.717, 1.165) is 18.2 Å². The van der Waals surface area contributed by atoms with E-state index in [9.17, 15) is 22.0 Å². The first-order valence-corrected chi connectivity index (χ1v) is 4.72. The molecule has 1 aromatic rings. The number of ether oxygens (including phenoxy) is 2. The zero-order valence-electron chi connectivity index (χ0n) is 9.17. The number of hydrogen-bond acceptors (Lipinski definition) is 3.